The van der Waals surface area contributed by atoms with Crippen molar-refractivity contribution in [2.75, 3.05) is 28.6 Å². The van der Waals surface area contributed by atoms with Crippen molar-refractivity contribution in [3.05, 3.63) is 87.9 Å². The fourth-order valence-corrected chi connectivity index (χ4v) is 4.29. The maximum Gasteiger partial charge on any atom is 0.323 e. The van der Waals surface area contributed by atoms with Gasteiger partial charge in [0.2, 0.25) is 0 Å². The molecule has 0 unspecified atom stereocenters. The van der Waals surface area contributed by atoms with Gasteiger partial charge in [0.1, 0.15) is 0 Å². The maximum absolute atomic E-state index is 13.1. The molecule has 1 saturated heterocycles. The average molecular weight is 483 g/mol. The van der Waals surface area contributed by atoms with E-state index in [0.29, 0.717) is 33.5 Å². The third-order valence-corrected chi connectivity index (χ3v) is 6.07. The summed E-state index contributed by atoms with van der Waals surface area (Å²) < 4.78 is 0. The van der Waals surface area contributed by atoms with E-state index in [2.05, 4.69) is 20.9 Å². The Morgan fingerprint density at radius 2 is 1.55 bits per heavy atom. The van der Waals surface area contributed by atoms with E-state index in [1.807, 2.05) is 36.4 Å². The Hall–Kier alpha value is -3.22. The monoisotopic (exact) mass is 482 g/mol. The van der Waals surface area contributed by atoms with Crippen LogP contribution in [-0.4, -0.2) is 25.0 Å². The third kappa shape index (κ3) is 5.78. The summed E-state index contributed by atoms with van der Waals surface area (Å²) in [5, 5.41) is 9.09. The molecule has 8 heteroatoms. The van der Waals surface area contributed by atoms with E-state index in [0.717, 1.165) is 37.2 Å². The van der Waals surface area contributed by atoms with Gasteiger partial charge >= 0.3 is 6.03 Å². The van der Waals surface area contributed by atoms with Crippen molar-refractivity contribution in [3.63, 3.8) is 0 Å². The summed E-state index contributed by atoms with van der Waals surface area (Å²) in [6, 6.07) is 19.6. The third-order valence-electron chi connectivity index (χ3n) is 5.44. The molecule has 0 atom stereocenters. The second-order valence-electron chi connectivity index (χ2n) is 7.77. The van der Waals surface area contributed by atoms with Gasteiger partial charge in [-0.05, 0) is 48.7 Å². The number of carbonyl (C=O) groups excluding carboxylic acids is 2. The molecular weight excluding hydrogens is 459 g/mol. The van der Waals surface area contributed by atoms with Gasteiger partial charge in [0.15, 0.2) is 0 Å². The quantitative estimate of drug-likeness (QED) is 0.393. The summed E-state index contributed by atoms with van der Waals surface area (Å²) in [5.41, 5.74) is 3.20. The Labute approximate surface area is 202 Å². The molecule has 170 valence electrons. The largest absolute Gasteiger partial charge is 0.371 e. The Bertz CT molecular complexity index is 1130. The predicted molar refractivity (Wildman–Crippen MR) is 135 cm³/mol. The van der Waals surface area contributed by atoms with Crippen LogP contribution in [0, 0.1) is 0 Å². The van der Waals surface area contributed by atoms with Crippen LogP contribution in [-0.2, 0) is 6.54 Å². The van der Waals surface area contributed by atoms with E-state index < -0.39 is 6.03 Å². The molecule has 0 bridgehead atoms. The molecule has 0 spiro atoms. The maximum atomic E-state index is 13.1. The summed E-state index contributed by atoms with van der Waals surface area (Å²) in [7, 11) is 0. The number of rotatable bonds is 6. The lowest BCUT2D eigenvalue weighted by atomic mass is 10.1. The van der Waals surface area contributed by atoms with Gasteiger partial charge in [-0.25, -0.2) is 4.79 Å². The lowest BCUT2D eigenvalue weighted by Gasteiger charge is -2.22. The molecular formula is C25H24Cl2N4O2. The van der Waals surface area contributed by atoms with Crippen LogP contribution < -0.4 is 20.9 Å². The van der Waals surface area contributed by atoms with E-state index in [4.69, 9.17) is 23.2 Å². The van der Waals surface area contributed by atoms with Crippen LogP contribution in [0.1, 0.15) is 28.8 Å². The summed E-state index contributed by atoms with van der Waals surface area (Å²) in [6.45, 7) is 2.22. The highest BCUT2D eigenvalue weighted by atomic mass is 35.5. The number of amides is 3. The second-order valence-corrected chi connectivity index (χ2v) is 8.58. The Kier molecular flexibility index (Phi) is 7.37. The average Bonchev–Trinajstić information content (AvgIpc) is 3.35. The van der Waals surface area contributed by atoms with Gasteiger partial charge in [-0.15, -0.1) is 0 Å². The van der Waals surface area contributed by atoms with E-state index in [1.165, 1.54) is 0 Å². The van der Waals surface area contributed by atoms with Crippen molar-refractivity contribution in [2.24, 2.45) is 0 Å². The minimum Gasteiger partial charge on any atom is -0.371 e. The highest BCUT2D eigenvalue weighted by Gasteiger charge is 2.21. The standard InChI is InChI=1S/C25H24Cl2N4O2/c26-20-9-6-10-21(27)23(20)30-25(33)29-18-11-12-22(31-13-4-5-14-31)19(15-18)24(32)28-16-17-7-2-1-3-8-17/h1-3,6-12,15H,4-5,13-14,16H2,(H,28,32)(H2,29,30,33). The van der Waals surface area contributed by atoms with Crippen LogP contribution >= 0.6 is 23.2 Å². The van der Waals surface area contributed by atoms with E-state index in [9.17, 15) is 9.59 Å². The Morgan fingerprint density at radius 3 is 2.24 bits per heavy atom. The van der Waals surface area contributed by atoms with Gasteiger partial charge in [0, 0.05) is 31.0 Å². The first-order valence-corrected chi connectivity index (χ1v) is 11.5. The molecule has 3 aromatic rings. The van der Waals surface area contributed by atoms with Crippen LogP contribution in [0.3, 0.4) is 0 Å². The molecule has 1 heterocycles. The first-order valence-electron chi connectivity index (χ1n) is 10.7. The van der Waals surface area contributed by atoms with Crippen molar-refractivity contribution in [1.82, 2.24) is 5.32 Å². The molecule has 6 nitrogen and oxygen atoms in total. The van der Waals surface area contributed by atoms with Gasteiger partial charge in [-0.3, -0.25) is 4.79 Å². The van der Waals surface area contributed by atoms with Crippen LogP contribution in [0.4, 0.5) is 21.9 Å². The van der Waals surface area contributed by atoms with Gasteiger partial charge in [-0.1, -0.05) is 59.6 Å². The van der Waals surface area contributed by atoms with Gasteiger partial charge in [-0.2, -0.15) is 0 Å². The topological polar surface area (TPSA) is 73.5 Å². The number of anilines is 3. The normalized spacial score (nSPS) is 13.0. The van der Waals surface area contributed by atoms with E-state index in [-0.39, 0.29) is 5.91 Å². The zero-order valence-electron chi connectivity index (χ0n) is 17.9. The van der Waals surface area contributed by atoms with Crippen molar-refractivity contribution in [3.8, 4) is 0 Å². The molecule has 0 radical (unpaired) electrons. The Morgan fingerprint density at radius 1 is 0.848 bits per heavy atom. The molecule has 1 aliphatic rings. The highest BCUT2D eigenvalue weighted by Crippen LogP contribution is 2.31. The first-order chi connectivity index (χ1) is 16.0. The van der Waals surface area contributed by atoms with Gasteiger partial charge < -0.3 is 20.9 Å². The number of para-hydroxylation sites is 1. The van der Waals surface area contributed by atoms with Crippen molar-refractivity contribution >= 4 is 52.2 Å². The van der Waals surface area contributed by atoms with Crippen molar-refractivity contribution in [1.29, 1.82) is 0 Å². The fraction of sp³-hybridized carbons (Fsp3) is 0.200. The fourth-order valence-electron chi connectivity index (χ4n) is 3.80. The lowest BCUT2D eigenvalue weighted by Crippen LogP contribution is -2.27. The molecule has 0 aromatic heterocycles. The summed E-state index contributed by atoms with van der Waals surface area (Å²) in [4.78, 5) is 27.9. The lowest BCUT2D eigenvalue weighted by molar-refractivity contribution is 0.0951. The molecule has 4 rings (SSSR count). The van der Waals surface area contributed by atoms with Crippen LogP contribution in [0.15, 0.2) is 66.7 Å². The molecule has 3 amide bonds. The van der Waals surface area contributed by atoms with Crippen molar-refractivity contribution in [2.45, 2.75) is 19.4 Å². The van der Waals surface area contributed by atoms with E-state index in [1.54, 1.807) is 30.3 Å². The molecule has 0 saturated carbocycles. The summed E-state index contributed by atoms with van der Waals surface area (Å²) in [5.74, 6) is -0.195. The van der Waals surface area contributed by atoms with Crippen molar-refractivity contribution < 1.29 is 9.59 Å². The number of nitrogens with one attached hydrogen (secondary N) is 3. The van der Waals surface area contributed by atoms with Gasteiger partial charge in [0.25, 0.3) is 5.91 Å². The number of nitrogens with zero attached hydrogens (tertiary/aromatic N) is 1. The molecule has 1 aliphatic heterocycles. The number of halogens is 2. The molecule has 33 heavy (non-hydrogen) atoms. The van der Waals surface area contributed by atoms with Crippen LogP contribution in [0.25, 0.3) is 0 Å². The molecule has 3 aromatic carbocycles. The molecule has 3 N–H and O–H groups in total. The number of benzene rings is 3. The second kappa shape index (κ2) is 10.6. The number of hydrogen-bond donors (Lipinski definition) is 3. The number of hydrogen-bond acceptors (Lipinski definition) is 3. The highest BCUT2D eigenvalue weighted by molar-refractivity contribution is 6.39. The minimum absolute atomic E-state index is 0.195. The predicted octanol–water partition coefficient (Wildman–Crippen LogP) is 6.17. The van der Waals surface area contributed by atoms with Crippen LogP contribution in [0.2, 0.25) is 10.0 Å². The zero-order chi connectivity index (χ0) is 23.2. The minimum atomic E-state index is -0.505. The summed E-state index contributed by atoms with van der Waals surface area (Å²) in [6.07, 6.45) is 2.18. The SMILES string of the molecule is O=C(Nc1ccc(N2CCCC2)c(C(=O)NCc2ccccc2)c1)Nc1c(Cl)cccc1Cl. The molecule has 0 aliphatic carbocycles. The van der Waals surface area contributed by atoms with Crippen LogP contribution in [0.5, 0.6) is 0 Å². The smallest absolute Gasteiger partial charge is 0.323 e. The van der Waals surface area contributed by atoms with E-state index >= 15 is 0 Å². The molecule has 1 fully saturated rings. The number of urea groups is 1. The number of carbonyl (C=O) groups is 2. The zero-order valence-corrected chi connectivity index (χ0v) is 19.4. The van der Waals surface area contributed by atoms with Gasteiger partial charge in [0.05, 0.1) is 21.3 Å². The first kappa shape index (κ1) is 23.0. The Balaban J connectivity index is 1.52. The summed E-state index contributed by atoms with van der Waals surface area (Å²) >= 11 is 12.3.